The molecular weight excluding hydrogens is 294 g/mol. The number of amides is 1. The zero-order valence-electron chi connectivity index (χ0n) is 13.1. The van der Waals surface area contributed by atoms with E-state index in [1.165, 1.54) is 7.11 Å². The van der Waals surface area contributed by atoms with E-state index in [4.69, 9.17) is 4.74 Å². The minimum Gasteiger partial charge on any atom is -0.497 e. The van der Waals surface area contributed by atoms with Gasteiger partial charge in [-0.2, -0.15) is 0 Å². The molecule has 5 heteroatoms. The van der Waals surface area contributed by atoms with Gasteiger partial charge >= 0.3 is 5.97 Å². The van der Waals surface area contributed by atoms with Gasteiger partial charge in [0.1, 0.15) is 5.75 Å². The van der Waals surface area contributed by atoms with Gasteiger partial charge in [-0.15, -0.1) is 0 Å². The van der Waals surface area contributed by atoms with Gasteiger partial charge < -0.3 is 15.2 Å². The first kappa shape index (κ1) is 16.5. The maximum absolute atomic E-state index is 12.3. The summed E-state index contributed by atoms with van der Waals surface area (Å²) in [5, 5.41) is 12.3. The van der Waals surface area contributed by atoms with Crippen molar-refractivity contribution in [1.82, 2.24) is 0 Å². The normalized spacial score (nSPS) is 13.0. The summed E-state index contributed by atoms with van der Waals surface area (Å²) in [6, 6.07) is 15.7. The molecule has 0 bridgehead atoms. The Morgan fingerprint density at radius 2 is 1.83 bits per heavy atom. The number of benzene rings is 2. The molecule has 1 amide bonds. The van der Waals surface area contributed by atoms with Gasteiger partial charge in [-0.05, 0) is 24.6 Å². The lowest BCUT2D eigenvalue weighted by Crippen LogP contribution is -2.36. The molecule has 0 aliphatic carbocycles. The first-order chi connectivity index (χ1) is 11.0. The van der Waals surface area contributed by atoms with Crippen molar-refractivity contribution in [3.05, 3.63) is 60.2 Å². The first-order valence-electron chi connectivity index (χ1n) is 7.18. The highest BCUT2D eigenvalue weighted by Crippen LogP contribution is 2.29. The topological polar surface area (TPSA) is 75.6 Å². The third-order valence-electron chi connectivity index (χ3n) is 3.75. The third-order valence-corrected chi connectivity index (χ3v) is 3.75. The lowest BCUT2D eigenvalue weighted by atomic mass is 9.79. The standard InChI is InChI=1S/C18H19NO4/c1-18(17(21)22,13-7-4-3-5-8-13)12-16(20)19-14-9-6-10-15(11-14)23-2/h3-11H,12H2,1-2H3,(H,19,20)(H,21,22)/t18-/m0/s1. The molecule has 0 saturated heterocycles. The van der Waals surface area contributed by atoms with Crippen molar-refractivity contribution in [2.75, 3.05) is 12.4 Å². The van der Waals surface area contributed by atoms with Crippen molar-refractivity contribution in [2.45, 2.75) is 18.8 Å². The highest BCUT2D eigenvalue weighted by molar-refractivity contribution is 5.96. The summed E-state index contributed by atoms with van der Waals surface area (Å²) in [4.78, 5) is 24.0. The Balaban J connectivity index is 2.17. The second-order valence-electron chi connectivity index (χ2n) is 5.46. The van der Waals surface area contributed by atoms with Crippen LogP contribution in [0.5, 0.6) is 5.75 Å². The summed E-state index contributed by atoms with van der Waals surface area (Å²) in [6.07, 6.45) is -0.163. The summed E-state index contributed by atoms with van der Waals surface area (Å²) in [7, 11) is 1.54. The van der Waals surface area contributed by atoms with Crippen LogP contribution in [-0.2, 0) is 15.0 Å². The van der Waals surface area contributed by atoms with E-state index in [1.807, 2.05) is 6.07 Å². The van der Waals surface area contributed by atoms with Gasteiger partial charge in [0, 0.05) is 18.2 Å². The van der Waals surface area contributed by atoms with Crippen molar-refractivity contribution >= 4 is 17.6 Å². The maximum Gasteiger partial charge on any atom is 0.314 e. The van der Waals surface area contributed by atoms with Crippen LogP contribution in [0.25, 0.3) is 0 Å². The van der Waals surface area contributed by atoms with E-state index in [0.29, 0.717) is 17.0 Å². The van der Waals surface area contributed by atoms with Crippen molar-refractivity contribution in [2.24, 2.45) is 0 Å². The predicted molar refractivity (Wildman–Crippen MR) is 87.7 cm³/mol. The summed E-state index contributed by atoms with van der Waals surface area (Å²) >= 11 is 0. The zero-order valence-corrected chi connectivity index (χ0v) is 13.1. The Morgan fingerprint density at radius 3 is 2.43 bits per heavy atom. The van der Waals surface area contributed by atoms with Gasteiger partial charge in [0.15, 0.2) is 0 Å². The highest BCUT2D eigenvalue weighted by atomic mass is 16.5. The van der Waals surface area contributed by atoms with Crippen LogP contribution >= 0.6 is 0 Å². The smallest absolute Gasteiger partial charge is 0.314 e. The third kappa shape index (κ3) is 3.88. The van der Waals surface area contributed by atoms with Crippen molar-refractivity contribution < 1.29 is 19.4 Å². The van der Waals surface area contributed by atoms with Crippen molar-refractivity contribution in [1.29, 1.82) is 0 Å². The molecule has 0 radical (unpaired) electrons. The Hall–Kier alpha value is -2.82. The Kier molecular flexibility index (Phi) is 5.01. The molecule has 1 atom stereocenters. The number of rotatable bonds is 6. The number of anilines is 1. The lowest BCUT2D eigenvalue weighted by Gasteiger charge is -2.24. The second-order valence-corrected chi connectivity index (χ2v) is 5.46. The number of methoxy groups -OCH3 is 1. The molecule has 0 aliphatic rings. The fourth-order valence-electron chi connectivity index (χ4n) is 2.33. The predicted octanol–water partition coefficient (Wildman–Crippen LogP) is 3.07. The van der Waals surface area contributed by atoms with Gasteiger partial charge in [-0.25, -0.2) is 0 Å². The average Bonchev–Trinajstić information content (AvgIpc) is 2.55. The van der Waals surface area contributed by atoms with Crippen LogP contribution < -0.4 is 10.1 Å². The molecule has 5 nitrogen and oxygen atoms in total. The minimum atomic E-state index is -1.29. The zero-order chi connectivity index (χ0) is 16.9. The molecule has 120 valence electrons. The Labute approximate surface area is 134 Å². The molecule has 0 unspecified atom stereocenters. The van der Waals surface area contributed by atoms with Crippen LogP contribution in [0.15, 0.2) is 54.6 Å². The summed E-state index contributed by atoms with van der Waals surface area (Å²) in [6.45, 7) is 1.55. The number of aliphatic carboxylic acids is 1. The Morgan fingerprint density at radius 1 is 1.13 bits per heavy atom. The van der Waals surface area contributed by atoms with Gasteiger partial charge in [-0.3, -0.25) is 9.59 Å². The van der Waals surface area contributed by atoms with E-state index in [-0.39, 0.29) is 12.3 Å². The van der Waals surface area contributed by atoms with Crippen molar-refractivity contribution in [3.63, 3.8) is 0 Å². The van der Waals surface area contributed by atoms with Gasteiger partial charge in [-0.1, -0.05) is 36.4 Å². The van der Waals surface area contributed by atoms with E-state index < -0.39 is 11.4 Å². The van der Waals surface area contributed by atoms with Gasteiger partial charge in [0.05, 0.1) is 12.5 Å². The number of carboxylic acid groups (broad SMARTS) is 1. The largest absolute Gasteiger partial charge is 0.497 e. The molecule has 0 fully saturated rings. The molecule has 2 aromatic carbocycles. The van der Waals surface area contributed by atoms with E-state index in [9.17, 15) is 14.7 Å². The number of hydrogen-bond donors (Lipinski definition) is 2. The van der Waals surface area contributed by atoms with Gasteiger partial charge in [0.2, 0.25) is 5.91 Å². The van der Waals surface area contributed by atoms with Crippen LogP contribution in [-0.4, -0.2) is 24.1 Å². The molecule has 2 rings (SSSR count). The molecule has 0 spiro atoms. The molecule has 2 N–H and O–H groups in total. The van der Waals surface area contributed by atoms with Crippen LogP contribution in [0.1, 0.15) is 18.9 Å². The number of ether oxygens (including phenoxy) is 1. The summed E-state index contributed by atoms with van der Waals surface area (Å²) < 4.78 is 5.10. The van der Waals surface area contributed by atoms with E-state index in [2.05, 4.69) is 5.32 Å². The Bertz CT molecular complexity index is 699. The number of carbonyl (C=O) groups excluding carboxylic acids is 1. The average molecular weight is 313 g/mol. The number of nitrogens with one attached hydrogen (secondary N) is 1. The minimum absolute atomic E-state index is 0.163. The monoisotopic (exact) mass is 313 g/mol. The first-order valence-corrected chi connectivity index (χ1v) is 7.18. The molecule has 2 aromatic rings. The molecule has 23 heavy (non-hydrogen) atoms. The van der Waals surface area contributed by atoms with Gasteiger partial charge in [0.25, 0.3) is 0 Å². The number of carbonyl (C=O) groups is 2. The molecule has 0 aliphatic heterocycles. The second kappa shape index (κ2) is 6.96. The lowest BCUT2D eigenvalue weighted by molar-refractivity contribution is -0.145. The summed E-state index contributed by atoms with van der Waals surface area (Å²) in [5.74, 6) is -0.789. The van der Waals surface area contributed by atoms with Crippen molar-refractivity contribution in [3.8, 4) is 5.75 Å². The molecule has 0 heterocycles. The summed E-state index contributed by atoms with van der Waals surface area (Å²) in [5.41, 5.74) is -0.132. The van der Waals surface area contributed by atoms with E-state index in [1.54, 1.807) is 55.5 Å². The number of hydrogen-bond acceptors (Lipinski definition) is 3. The van der Waals surface area contributed by atoms with E-state index in [0.717, 1.165) is 0 Å². The van der Waals surface area contributed by atoms with Crippen LogP contribution in [0.3, 0.4) is 0 Å². The number of carboxylic acids is 1. The van der Waals surface area contributed by atoms with Crippen LogP contribution in [0, 0.1) is 0 Å². The fraction of sp³-hybridized carbons (Fsp3) is 0.222. The SMILES string of the molecule is COc1cccc(NC(=O)C[C@](C)(C(=O)O)c2ccccc2)c1. The van der Waals surface area contributed by atoms with Crippen LogP contribution in [0.2, 0.25) is 0 Å². The molecule has 0 aromatic heterocycles. The molecule has 0 saturated carbocycles. The maximum atomic E-state index is 12.3. The van der Waals surface area contributed by atoms with Crippen LogP contribution in [0.4, 0.5) is 5.69 Å². The molecular formula is C18H19NO4. The highest BCUT2D eigenvalue weighted by Gasteiger charge is 2.37. The van der Waals surface area contributed by atoms with E-state index >= 15 is 0 Å². The fourth-order valence-corrected chi connectivity index (χ4v) is 2.33. The quantitative estimate of drug-likeness (QED) is 0.859.